The summed E-state index contributed by atoms with van der Waals surface area (Å²) in [6.07, 6.45) is 0. The van der Waals surface area contributed by atoms with Crippen molar-refractivity contribution in [1.82, 2.24) is 0 Å². The summed E-state index contributed by atoms with van der Waals surface area (Å²) in [5.74, 6) is -6.21. The molecule has 1 N–H and O–H groups in total. The van der Waals surface area contributed by atoms with Gasteiger partial charge in [0.15, 0.2) is 12.4 Å². The molecule has 2 aromatic rings. The van der Waals surface area contributed by atoms with Gasteiger partial charge in [-0.15, -0.1) is 0 Å². The monoisotopic (exact) mass is 347 g/mol. The molecule has 25 heavy (non-hydrogen) atoms. The molecule has 5 nitrogen and oxygen atoms in total. The molecule has 0 unspecified atom stereocenters. The summed E-state index contributed by atoms with van der Waals surface area (Å²) in [6.45, 7) is 0.0160. The van der Waals surface area contributed by atoms with Gasteiger partial charge >= 0.3 is 11.9 Å². The lowest BCUT2D eigenvalue weighted by Crippen LogP contribution is -2.31. The van der Waals surface area contributed by atoms with Crippen LogP contribution in [0.25, 0.3) is 0 Å². The maximum Gasteiger partial charge on any atom is 0.338 e. The zero-order valence-corrected chi connectivity index (χ0v) is 13.3. The number of halogens is 2. The molecule has 2 aromatic carbocycles. The number of alkyl halides is 2. The number of Topliss-reactive ketones (excluding diaryl/α,β-unsaturated/α-hetero) is 1. The van der Waals surface area contributed by atoms with Crippen molar-refractivity contribution in [3.8, 4) is 0 Å². The van der Waals surface area contributed by atoms with E-state index in [-0.39, 0.29) is 17.0 Å². The Labute approximate surface area is 142 Å². The van der Waals surface area contributed by atoms with Gasteiger partial charge in [-0.2, -0.15) is 8.78 Å². The largest absolute Gasteiger partial charge is 0.454 e. The second kappa shape index (κ2) is 7.65. The van der Waals surface area contributed by atoms with Crippen LogP contribution in [0.1, 0.15) is 27.6 Å². The number of amides is 1. The summed E-state index contributed by atoms with van der Waals surface area (Å²) in [5.41, 5.74) is 0.454. The Morgan fingerprint density at radius 2 is 1.64 bits per heavy atom. The van der Waals surface area contributed by atoms with Gasteiger partial charge in [-0.3, -0.25) is 9.59 Å². The third kappa shape index (κ3) is 5.20. The highest BCUT2D eigenvalue weighted by Gasteiger charge is 2.32. The van der Waals surface area contributed by atoms with Crippen LogP contribution in [0.4, 0.5) is 14.5 Å². The number of carbonyl (C=O) groups is 3. The molecule has 0 spiro atoms. The average molecular weight is 347 g/mol. The molecule has 0 fully saturated rings. The van der Waals surface area contributed by atoms with E-state index in [1.54, 1.807) is 30.3 Å². The quantitative estimate of drug-likeness (QED) is 0.643. The van der Waals surface area contributed by atoms with Crippen LogP contribution < -0.4 is 5.32 Å². The minimum Gasteiger partial charge on any atom is -0.454 e. The van der Waals surface area contributed by atoms with Gasteiger partial charge < -0.3 is 10.1 Å². The predicted octanol–water partition coefficient (Wildman–Crippen LogP) is 3.32. The second-order valence-electron chi connectivity index (χ2n) is 5.29. The Hall–Kier alpha value is -3.09. The average Bonchev–Trinajstić information content (AvgIpc) is 2.59. The van der Waals surface area contributed by atoms with Gasteiger partial charge in [0, 0.05) is 18.2 Å². The molecule has 0 saturated carbocycles. The van der Waals surface area contributed by atoms with E-state index in [1.165, 1.54) is 24.3 Å². The zero-order valence-electron chi connectivity index (χ0n) is 13.3. The van der Waals surface area contributed by atoms with E-state index < -0.39 is 24.4 Å². The summed E-state index contributed by atoms with van der Waals surface area (Å²) in [4.78, 5) is 35.1. The standard InChI is InChI=1S/C18H15F2NO4/c1-18(19,20)17(24)21-14-9-5-8-13(10-14)16(23)25-11-15(22)12-6-3-2-4-7-12/h2-10H,11H2,1H3,(H,21,24). The van der Waals surface area contributed by atoms with E-state index in [1.807, 2.05) is 5.32 Å². The van der Waals surface area contributed by atoms with Crippen LogP contribution in [-0.2, 0) is 9.53 Å². The number of carbonyl (C=O) groups excluding carboxylic acids is 3. The highest BCUT2D eigenvalue weighted by molar-refractivity contribution is 6.00. The first kappa shape index (κ1) is 18.3. The fraction of sp³-hybridized carbons (Fsp3) is 0.167. The van der Waals surface area contributed by atoms with Gasteiger partial charge in [-0.25, -0.2) is 4.79 Å². The first-order valence-corrected chi connectivity index (χ1v) is 7.32. The van der Waals surface area contributed by atoms with Crippen LogP contribution >= 0.6 is 0 Å². The van der Waals surface area contributed by atoms with Gasteiger partial charge in [0.1, 0.15) is 0 Å². The first-order chi connectivity index (χ1) is 11.8. The number of rotatable bonds is 6. The normalized spacial score (nSPS) is 10.8. The Balaban J connectivity index is 1.99. The molecule has 0 saturated heterocycles. The van der Waals surface area contributed by atoms with Crippen LogP contribution in [0.3, 0.4) is 0 Å². The Morgan fingerprint density at radius 3 is 2.28 bits per heavy atom. The lowest BCUT2D eigenvalue weighted by molar-refractivity contribution is -0.137. The number of hydrogen-bond donors (Lipinski definition) is 1. The van der Waals surface area contributed by atoms with Crippen molar-refractivity contribution in [2.45, 2.75) is 12.8 Å². The summed E-state index contributed by atoms with van der Waals surface area (Å²) in [5, 5.41) is 2.00. The van der Waals surface area contributed by atoms with Gasteiger partial charge in [0.05, 0.1) is 5.56 Å². The predicted molar refractivity (Wildman–Crippen MR) is 86.7 cm³/mol. The number of benzene rings is 2. The molecule has 0 aliphatic heterocycles. The second-order valence-corrected chi connectivity index (χ2v) is 5.29. The molecule has 0 aromatic heterocycles. The molecular formula is C18H15F2NO4. The van der Waals surface area contributed by atoms with Crippen LogP contribution in [0.15, 0.2) is 54.6 Å². The van der Waals surface area contributed by atoms with Crippen molar-refractivity contribution >= 4 is 23.3 Å². The molecular weight excluding hydrogens is 332 g/mol. The van der Waals surface area contributed by atoms with E-state index in [4.69, 9.17) is 4.74 Å². The minimum atomic E-state index is -3.54. The number of anilines is 1. The lowest BCUT2D eigenvalue weighted by Gasteiger charge is -2.11. The molecule has 0 heterocycles. The molecule has 2 rings (SSSR count). The van der Waals surface area contributed by atoms with E-state index in [0.29, 0.717) is 12.5 Å². The summed E-state index contributed by atoms with van der Waals surface area (Å²) < 4.78 is 30.7. The Morgan fingerprint density at radius 1 is 1.00 bits per heavy atom. The summed E-state index contributed by atoms with van der Waals surface area (Å²) >= 11 is 0. The fourth-order valence-corrected chi connectivity index (χ4v) is 1.89. The van der Waals surface area contributed by atoms with Gasteiger partial charge in [-0.05, 0) is 18.2 Å². The minimum absolute atomic E-state index is 0.0235. The number of esters is 1. The van der Waals surface area contributed by atoms with Gasteiger partial charge in [0.25, 0.3) is 5.91 Å². The van der Waals surface area contributed by atoms with E-state index in [9.17, 15) is 23.2 Å². The molecule has 7 heteroatoms. The summed E-state index contributed by atoms with van der Waals surface area (Å²) in [7, 11) is 0. The zero-order chi connectivity index (χ0) is 18.4. The third-order valence-corrected chi connectivity index (χ3v) is 3.18. The van der Waals surface area contributed by atoms with E-state index >= 15 is 0 Å². The highest BCUT2D eigenvalue weighted by atomic mass is 19.3. The van der Waals surface area contributed by atoms with Crippen molar-refractivity contribution in [1.29, 1.82) is 0 Å². The van der Waals surface area contributed by atoms with Crippen LogP contribution in [-0.4, -0.2) is 30.2 Å². The van der Waals surface area contributed by atoms with Crippen LogP contribution in [0, 0.1) is 0 Å². The molecule has 1 amide bonds. The maximum absolute atomic E-state index is 12.9. The van der Waals surface area contributed by atoms with Crippen LogP contribution in [0.2, 0.25) is 0 Å². The smallest absolute Gasteiger partial charge is 0.338 e. The molecule has 0 atom stereocenters. The van der Waals surface area contributed by atoms with Crippen molar-refractivity contribution in [3.05, 3.63) is 65.7 Å². The number of hydrogen-bond acceptors (Lipinski definition) is 4. The number of ether oxygens (including phenoxy) is 1. The SMILES string of the molecule is CC(F)(F)C(=O)Nc1cccc(C(=O)OCC(=O)c2ccccc2)c1. The third-order valence-electron chi connectivity index (χ3n) is 3.18. The number of nitrogens with one attached hydrogen (secondary N) is 1. The van der Waals surface area contributed by atoms with Crippen LogP contribution in [0.5, 0.6) is 0 Å². The first-order valence-electron chi connectivity index (χ1n) is 7.32. The highest BCUT2D eigenvalue weighted by Crippen LogP contribution is 2.17. The summed E-state index contributed by atoms with van der Waals surface area (Å²) in [6, 6.07) is 13.6. The Kier molecular flexibility index (Phi) is 5.59. The molecule has 0 aliphatic carbocycles. The fourth-order valence-electron chi connectivity index (χ4n) is 1.89. The van der Waals surface area contributed by atoms with Gasteiger partial charge in [-0.1, -0.05) is 36.4 Å². The Bertz CT molecular complexity index is 785. The van der Waals surface area contributed by atoms with Crippen molar-refractivity contribution in [2.24, 2.45) is 0 Å². The van der Waals surface area contributed by atoms with Gasteiger partial charge in [0.2, 0.25) is 0 Å². The molecule has 130 valence electrons. The molecule has 0 aliphatic rings. The van der Waals surface area contributed by atoms with Crippen molar-refractivity contribution in [2.75, 3.05) is 11.9 Å². The van der Waals surface area contributed by atoms with Crippen molar-refractivity contribution < 1.29 is 27.9 Å². The molecule has 0 radical (unpaired) electrons. The van der Waals surface area contributed by atoms with E-state index in [0.717, 1.165) is 0 Å². The number of ketones is 1. The lowest BCUT2D eigenvalue weighted by atomic mass is 10.1. The molecule has 0 bridgehead atoms. The van der Waals surface area contributed by atoms with Crippen molar-refractivity contribution in [3.63, 3.8) is 0 Å². The van der Waals surface area contributed by atoms with E-state index in [2.05, 4.69) is 0 Å². The maximum atomic E-state index is 12.9. The topological polar surface area (TPSA) is 72.5 Å².